The zero-order valence-corrected chi connectivity index (χ0v) is 10.6. The second-order valence-electron chi connectivity index (χ2n) is 4.79. The van der Waals surface area contributed by atoms with Crippen LogP contribution in [0.5, 0.6) is 0 Å². The summed E-state index contributed by atoms with van der Waals surface area (Å²) in [5.41, 5.74) is 7.17. The van der Waals surface area contributed by atoms with E-state index in [-0.39, 0.29) is 10.6 Å². The summed E-state index contributed by atoms with van der Waals surface area (Å²) < 4.78 is 0. The van der Waals surface area contributed by atoms with Gasteiger partial charge in [-0.3, -0.25) is 10.1 Å². The summed E-state index contributed by atoms with van der Waals surface area (Å²) in [5, 5.41) is 10.9. The van der Waals surface area contributed by atoms with Crippen molar-refractivity contribution in [1.29, 1.82) is 0 Å². The number of benzene rings is 1. The van der Waals surface area contributed by atoms with Gasteiger partial charge >= 0.3 is 0 Å². The molecular formula is C13H19N3O2. The Hall–Kier alpha value is -1.78. The molecule has 98 valence electrons. The Morgan fingerprint density at radius 2 is 2.22 bits per heavy atom. The third-order valence-corrected chi connectivity index (χ3v) is 3.57. The molecule has 0 aromatic heterocycles. The maximum absolute atomic E-state index is 10.9. The monoisotopic (exact) mass is 249 g/mol. The number of piperidine rings is 1. The van der Waals surface area contributed by atoms with E-state index in [2.05, 4.69) is 11.8 Å². The van der Waals surface area contributed by atoms with Gasteiger partial charge in [0.05, 0.1) is 4.92 Å². The van der Waals surface area contributed by atoms with Gasteiger partial charge in [0.25, 0.3) is 5.69 Å². The smallest absolute Gasteiger partial charge is 0.273 e. The molecule has 1 aromatic carbocycles. The van der Waals surface area contributed by atoms with Crippen molar-refractivity contribution < 1.29 is 4.92 Å². The average Bonchev–Trinajstić information content (AvgIpc) is 2.38. The van der Waals surface area contributed by atoms with Crippen molar-refractivity contribution in [2.45, 2.75) is 38.6 Å². The highest BCUT2D eigenvalue weighted by Gasteiger charge is 2.22. The number of nitrogen functional groups attached to an aromatic ring is 1. The van der Waals surface area contributed by atoms with E-state index in [4.69, 9.17) is 5.73 Å². The molecule has 0 amide bonds. The SMILES string of the molecule is CCC1CCCCN1c1cc(N)cc([N+](=O)[O-])c1. The van der Waals surface area contributed by atoms with Crippen molar-refractivity contribution in [2.75, 3.05) is 17.2 Å². The zero-order chi connectivity index (χ0) is 13.1. The van der Waals surface area contributed by atoms with Crippen LogP contribution in [0.3, 0.4) is 0 Å². The second-order valence-corrected chi connectivity index (χ2v) is 4.79. The topological polar surface area (TPSA) is 72.4 Å². The minimum atomic E-state index is -0.384. The largest absolute Gasteiger partial charge is 0.398 e. The Bertz CT molecular complexity index is 448. The third kappa shape index (κ3) is 2.55. The standard InChI is InChI=1S/C13H19N3O2/c1-2-11-5-3-4-6-15(11)12-7-10(14)8-13(9-12)16(17)18/h7-9,11H,2-6,14H2,1H3. The van der Waals surface area contributed by atoms with Crippen molar-refractivity contribution >= 4 is 17.1 Å². The second kappa shape index (κ2) is 5.25. The molecule has 1 saturated heterocycles. The lowest BCUT2D eigenvalue weighted by atomic mass is 9.99. The van der Waals surface area contributed by atoms with Crippen LogP contribution in [0.4, 0.5) is 17.1 Å². The van der Waals surface area contributed by atoms with Crippen molar-refractivity contribution in [3.63, 3.8) is 0 Å². The number of nitrogens with zero attached hydrogens (tertiary/aromatic N) is 2. The van der Waals surface area contributed by atoms with Crippen molar-refractivity contribution in [2.24, 2.45) is 0 Å². The predicted octanol–water partition coefficient (Wildman–Crippen LogP) is 2.95. The molecule has 18 heavy (non-hydrogen) atoms. The molecular weight excluding hydrogens is 230 g/mol. The molecule has 1 aromatic rings. The highest BCUT2D eigenvalue weighted by Crippen LogP contribution is 2.31. The van der Waals surface area contributed by atoms with Crippen LogP contribution in [-0.4, -0.2) is 17.5 Å². The maximum atomic E-state index is 10.9. The first kappa shape index (κ1) is 12.7. The summed E-state index contributed by atoms with van der Waals surface area (Å²) >= 11 is 0. The Kier molecular flexibility index (Phi) is 3.69. The molecule has 0 spiro atoms. The summed E-state index contributed by atoms with van der Waals surface area (Å²) in [6.07, 6.45) is 4.58. The van der Waals surface area contributed by atoms with E-state index in [0.717, 1.165) is 31.5 Å². The Morgan fingerprint density at radius 1 is 1.44 bits per heavy atom. The first-order chi connectivity index (χ1) is 8.61. The van der Waals surface area contributed by atoms with Crippen LogP contribution in [0.15, 0.2) is 18.2 Å². The van der Waals surface area contributed by atoms with Crippen LogP contribution < -0.4 is 10.6 Å². The lowest BCUT2D eigenvalue weighted by Crippen LogP contribution is -2.39. The lowest BCUT2D eigenvalue weighted by Gasteiger charge is -2.37. The molecule has 1 heterocycles. The Balaban J connectivity index is 2.33. The maximum Gasteiger partial charge on any atom is 0.273 e. The number of hydrogen-bond donors (Lipinski definition) is 1. The summed E-state index contributed by atoms with van der Waals surface area (Å²) in [4.78, 5) is 12.7. The minimum Gasteiger partial charge on any atom is -0.398 e. The van der Waals surface area contributed by atoms with E-state index in [1.807, 2.05) is 6.07 Å². The molecule has 0 radical (unpaired) electrons. The number of non-ortho nitro benzene ring substituents is 1. The third-order valence-electron chi connectivity index (χ3n) is 3.57. The van der Waals surface area contributed by atoms with Gasteiger partial charge in [-0.25, -0.2) is 0 Å². The zero-order valence-electron chi connectivity index (χ0n) is 10.6. The summed E-state index contributed by atoms with van der Waals surface area (Å²) in [6.45, 7) is 3.11. The summed E-state index contributed by atoms with van der Waals surface area (Å²) in [6, 6.07) is 5.35. The molecule has 2 rings (SSSR count). The van der Waals surface area contributed by atoms with Crippen molar-refractivity contribution in [3.8, 4) is 0 Å². The van der Waals surface area contributed by atoms with Crippen molar-refractivity contribution in [3.05, 3.63) is 28.3 Å². The van der Waals surface area contributed by atoms with Crippen LogP contribution in [0.25, 0.3) is 0 Å². The molecule has 5 nitrogen and oxygen atoms in total. The van der Waals surface area contributed by atoms with Gasteiger partial charge in [-0.15, -0.1) is 0 Å². The molecule has 1 unspecified atom stereocenters. The fraction of sp³-hybridized carbons (Fsp3) is 0.538. The van der Waals surface area contributed by atoms with E-state index < -0.39 is 0 Å². The van der Waals surface area contributed by atoms with Crippen molar-refractivity contribution in [1.82, 2.24) is 0 Å². The van der Waals surface area contributed by atoms with Gasteiger partial charge in [0.2, 0.25) is 0 Å². The van der Waals surface area contributed by atoms with Gasteiger partial charge in [-0.2, -0.15) is 0 Å². The van der Waals surface area contributed by atoms with Gasteiger partial charge in [-0.05, 0) is 31.7 Å². The van der Waals surface area contributed by atoms with Crippen LogP contribution in [0.2, 0.25) is 0 Å². The highest BCUT2D eigenvalue weighted by atomic mass is 16.6. The molecule has 0 saturated carbocycles. The Morgan fingerprint density at radius 3 is 2.89 bits per heavy atom. The number of anilines is 2. The van der Waals surface area contributed by atoms with Crippen LogP contribution in [-0.2, 0) is 0 Å². The van der Waals surface area contributed by atoms with Gasteiger partial charge in [0.1, 0.15) is 0 Å². The quantitative estimate of drug-likeness (QED) is 0.508. The minimum absolute atomic E-state index is 0.0745. The normalized spacial score (nSPS) is 19.8. The predicted molar refractivity (Wildman–Crippen MR) is 72.8 cm³/mol. The van der Waals surface area contributed by atoms with E-state index in [9.17, 15) is 10.1 Å². The van der Waals surface area contributed by atoms with E-state index >= 15 is 0 Å². The number of hydrogen-bond acceptors (Lipinski definition) is 4. The molecule has 0 aliphatic carbocycles. The molecule has 1 atom stereocenters. The Labute approximate surface area is 107 Å². The summed E-state index contributed by atoms with van der Waals surface area (Å²) in [7, 11) is 0. The number of nitro groups is 1. The van der Waals surface area contributed by atoms with Gasteiger partial charge in [0, 0.05) is 36.1 Å². The average molecular weight is 249 g/mol. The highest BCUT2D eigenvalue weighted by molar-refractivity contribution is 5.63. The lowest BCUT2D eigenvalue weighted by molar-refractivity contribution is -0.384. The van der Waals surface area contributed by atoms with E-state index in [1.54, 1.807) is 6.07 Å². The fourth-order valence-corrected chi connectivity index (χ4v) is 2.65. The van der Waals surface area contributed by atoms with Gasteiger partial charge in [-0.1, -0.05) is 6.92 Å². The molecule has 1 aliphatic rings. The first-order valence-electron chi connectivity index (χ1n) is 6.43. The molecule has 5 heteroatoms. The molecule has 1 fully saturated rings. The number of nitrogens with two attached hydrogens (primary N) is 1. The van der Waals surface area contributed by atoms with Gasteiger partial charge < -0.3 is 10.6 Å². The van der Waals surface area contributed by atoms with Crippen LogP contribution in [0, 0.1) is 10.1 Å². The van der Waals surface area contributed by atoms with Gasteiger partial charge in [0.15, 0.2) is 0 Å². The van der Waals surface area contributed by atoms with E-state index in [1.165, 1.54) is 12.5 Å². The molecule has 2 N–H and O–H groups in total. The first-order valence-corrected chi connectivity index (χ1v) is 6.43. The number of nitro benzene ring substituents is 1. The van der Waals surface area contributed by atoms with E-state index in [0.29, 0.717) is 11.7 Å². The van der Waals surface area contributed by atoms with Crippen LogP contribution in [0.1, 0.15) is 32.6 Å². The van der Waals surface area contributed by atoms with Crippen LogP contribution >= 0.6 is 0 Å². The summed E-state index contributed by atoms with van der Waals surface area (Å²) in [5.74, 6) is 0. The fourth-order valence-electron chi connectivity index (χ4n) is 2.65. The molecule has 0 bridgehead atoms. The molecule has 1 aliphatic heterocycles. The number of rotatable bonds is 3.